The number of guanidine groups is 1. The minimum atomic E-state index is -0.612. The van der Waals surface area contributed by atoms with Crippen molar-refractivity contribution in [3.63, 3.8) is 0 Å². The molecule has 1 unspecified atom stereocenters. The number of nitrogens with one attached hydrogen (secondary N) is 2. The normalized spacial score (nSPS) is 13.0. The second-order valence-electron chi connectivity index (χ2n) is 7.66. The zero-order valence-corrected chi connectivity index (χ0v) is 19.7. The predicted octanol–water partition coefficient (Wildman–Crippen LogP) is 3.48. The maximum absolute atomic E-state index is 10.5. The highest BCUT2D eigenvalue weighted by molar-refractivity contribution is 14.0. The average Bonchev–Trinajstić information content (AvgIpc) is 3.15. The number of benzene rings is 1. The molecule has 156 valence electrons. The number of hydrogen-bond acceptors (Lipinski definition) is 3. The van der Waals surface area contributed by atoms with Crippen LogP contribution in [-0.4, -0.2) is 40.5 Å². The van der Waals surface area contributed by atoms with Crippen molar-refractivity contribution in [2.24, 2.45) is 4.99 Å². The zero-order chi connectivity index (χ0) is 19.7. The van der Waals surface area contributed by atoms with E-state index in [1.54, 1.807) is 6.20 Å². The van der Waals surface area contributed by atoms with E-state index in [1.807, 2.05) is 36.0 Å². The first-order chi connectivity index (χ1) is 12.9. The van der Waals surface area contributed by atoms with E-state index in [1.165, 1.54) is 5.56 Å². The highest BCUT2D eigenvalue weighted by atomic mass is 127. The van der Waals surface area contributed by atoms with Crippen LogP contribution in [-0.2, 0) is 12.0 Å². The topological polar surface area (TPSA) is 74.5 Å². The number of aliphatic hydroxyl groups is 1. The molecule has 0 bridgehead atoms. The molecule has 28 heavy (non-hydrogen) atoms. The van der Waals surface area contributed by atoms with Crippen LogP contribution in [0.4, 0.5) is 0 Å². The molecule has 6 nitrogen and oxygen atoms in total. The third-order valence-corrected chi connectivity index (χ3v) is 4.34. The van der Waals surface area contributed by atoms with Gasteiger partial charge in [0.05, 0.1) is 12.6 Å². The summed E-state index contributed by atoms with van der Waals surface area (Å²) in [5.74, 6) is 0.725. The lowest BCUT2D eigenvalue weighted by molar-refractivity contribution is 0.187. The number of hydrogen-bond donors (Lipinski definition) is 3. The molecule has 2 rings (SSSR count). The molecule has 1 aromatic heterocycles. The lowest BCUT2D eigenvalue weighted by Gasteiger charge is -2.20. The molecule has 0 radical (unpaired) electrons. The van der Waals surface area contributed by atoms with Gasteiger partial charge in [-0.1, -0.05) is 45.0 Å². The van der Waals surface area contributed by atoms with Crippen LogP contribution in [0.25, 0.3) is 0 Å². The Bertz CT molecular complexity index is 693. The van der Waals surface area contributed by atoms with Gasteiger partial charge in [0.1, 0.15) is 0 Å². The first kappa shape index (κ1) is 24.4. The van der Waals surface area contributed by atoms with E-state index in [2.05, 4.69) is 53.6 Å². The van der Waals surface area contributed by atoms with Crippen LogP contribution in [0.2, 0.25) is 0 Å². The van der Waals surface area contributed by atoms with Crippen molar-refractivity contribution < 1.29 is 5.11 Å². The Morgan fingerprint density at radius 3 is 2.50 bits per heavy atom. The van der Waals surface area contributed by atoms with Gasteiger partial charge in [0.25, 0.3) is 0 Å². The highest BCUT2D eigenvalue weighted by Crippen LogP contribution is 2.24. The standard InChI is InChI=1S/C21H33N5O.HI/c1-5-22-20(23-12-6-14-26-15-7-13-25-26)24-16-19(27)17-8-10-18(11-9-17)21(2,3)4;/h7-11,13,15,19,27H,5-6,12,14,16H2,1-4H3,(H2,22,23,24);1H. The molecular formula is C21H34IN5O. The Morgan fingerprint density at radius 1 is 1.21 bits per heavy atom. The van der Waals surface area contributed by atoms with Gasteiger partial charge in [0.2, 0.25) is 0 Å². The van der Waals surface area contributed by atoms with Crippen LogP contribution in [0.1, 0.15) is 51.3 Å². The van der Waals surface area contributed by atoms with Crippen LogP contribution < -0.4 is 10.6 Å². The van der Waals surface area contributed by atoms with Gasteiger partial charge in [0.15, 0.2) is 5.96 Å². The van der Waals surface area contributed by atoms with E-state index >= 15 is 0 Å². The Hall–Kier alpha value is -1.61. The molecule has 0 amide bonds. The van der Waals surface area contributed by atoms with Crippen molar-refractivity contribution >= 4 is 29.9 Å². The van der Waals surface area contributed by atoms with Crippen LogP contribution in [0.3, 0.4) is 0 Å². The summed E-state index contributed by atoms with van der Waals surface area (Å²) in [7, 11) is 0. The largest absolute Gasteiger partial charge is 0.386 e. The summed E-state index contributed by atoms with van der Waals surface area (Å²) in [4.78, 5) is 4.52. The Labute approximate surface area is 185 Å². The zero-order valence-electron chi connectivity index (χ0n) is 17.4. The molecule has 0 saturated heterocycles. The van der Waals surface area contributed by atoms with Gasteiger partial charge in [-0.2, -0.15) is 5.10 Å². The van der Waals surface area contributed by atoms with Gasteiger partial charge in [-0.25, -0.2) is 0 Å². The van der Waals surface area contributed by atoms with Crippen molar-refractivity contribution in [1.82, 2.24) is 20.4 Å². The summed E-state index contributed by atoms with van der Waals surface area (Å²) in [5, 5.41) is 21.2. The molecule has 0 fully saturated rings. The molecule has 2 aromatic rings. The summed E-state index contributed by atoms with van der Waals surface area (Å²) in [6.07, 6.45) is 4.08. The highest BCUT2D eigenvalue weighted by Gasteiger charge is 2.14. The molecule has 0 aliphatic heterocycles. The summed E-state index contributed by atoms with van der Waals surface area (Å²) in [5.41, 5.74) is 2.26. The fourth-order valence-electron chi connectivity index (χ4n) is 2.71. The molecule has 1 atom stereocenters. The van der Waals surface area contributed by atoms with Crippen LogP contribution in [0.5, 0.6) is 0 Å². The third kappa shape index (κ3) is 8.18. The monoisotopic (exact) mass is 499 g/mol. The molecule has 0 aliphatic carbocycles. The second-order valence-corrected chi connectivity index (χ2v) is 7.66. The van der Waals surface area contributed by atoms with Gasteiger partial charge >= 0.3 is 0 Å². The van der Waals surface area contributed by atoms with Crippen molar-refractivity contribution in [1.29, 1.82) is 0 Å². The first-order valence-corrected chi connectivity index (χ1v) is 9.68. The number of rotatable bonds is 8. The van der Waals surface area contributed by atoms with Crippen molar-refractivity contribution in [2.45, 2.75) is 52.2 Å². The first-order valence-electron chi connectivity index (χ1n) is 9.68. The molecule has 1 aromatic carbocycles. The van der Waals surface area contributed by atoms with E-state index in [-0.39, 0.29) is 29.4 Å². The van der Waals surface area contributed by atoms with Crippen LogP contribution in [0, 0.1) is 0 Å². The van der Waals surface area contributed by atoms with E-state index in [0.29, 0.717) is 6.54 Å². The Kier molecular flexibility index (Phi) is 10.5. The van der Waals surface area contributed by atoms with Gasteiger partial charge in [-0.3, -0.25) is 9.67 Å². The number of aromatic nitrogens is 2. The predicted molar refractivity (Wildman–Crippen MR) is 126 cm³/mol. The number of aliphatic imine (C=N–C) groups is 1. The number of halogens is 1. The molecule has 3 N–H and O–H groups in total. The van der Waals surface area contributed by atoms with Crippen LogP contribution in [0.15, 0.2) is 47.7 Å². The fourth-order valence-corrected chi connectivity index (χ4v) is 2.71. The number of aliphatic hydroxyl groups excluding tert-OH is 1. The Morgan fingerprint density at radius 2 is 1.93 bits per heavy atom. The van der Waals surface area contributed by atoms with Crippen molar-refractivity contribution in [2.75, 3.05) is 19.6 Å². The maximum Gasteiger partial charge on any atom is 0.191 e. The molecule has 0 saturated carbocycles. The fraction of sp³-hybridized carbons (Fsp3) is 0.524. The Balaban J connectivity index is 0.00000392. The van der Waals surface area contributed by atoms with Gasteiger partial charge < -0.3 is 15.7 Å². The van der Waals surface area contributed by atoms with Gasteiger partial charge in [-0.15, -0.1) is 24.0 Å². The van der Waals surface area contributed by atoms with E-state index in [0.717, 1.165) is 37.6 Å². The van der Waals surface area contributed by atoms with E-state index < -0.39 is 6.10 Å². The average molecular weight is 499 g/mol. The van der Waals surface area contributed by atoms with Crippen LogP contribution >= 0.6 is 24.0 Å². The quantitative estimate of drug-likeness (QED) is 0.225. The van der Waals surface area contributed by atoms with Gasteiger partial charge in [0, 0.05) is 32.0 Å². The minimum absolute atomic E-state index is 0. The number of aryl methyl sites for hydroxylation is 1. The third-order valence-electron chi connectivity index (χ3n) is 4.34. The lowest BCUT2D eigenvalue weighted by Crippen LogP contribution is -2.38. The second kappa shape index (κ2) is 12.1. The summed E-state index contributed by atoms with van der Waals surface area (Å²) in [6, 6.07) is 10.1. The van der Waals surface area contributed by atoms with Crippen molar-refractivity contribution in [3.05, 3.63) is 53.9 Å². The SMILES string of the molecule is CCNC(=NCC(O)c1ccc(C(C)(C)C)cc1)NCCCn1cccn1.I. The minimum Gasteiger partial charge on any atom is -0.386 e. The molecule has 1 heterocycles. The smallest absolute Gasteiger partial charge is 0.191 e. The lowest BCUT2D eigenvalue weighted by atomic mass is 9.86. The van der Waals surface area contributed by atoms with Gasteiger partial charge in [-0.05, 0) is 36.0 Å². The molecule has 0 spiro atoms. The molecular weight excluding hydrogens is 465 g/mol. The van der Waals surface area contributed by atoms with E-state index in [4.69, 9.17) is 0 Å². The molecule has 0 aliphatic rings. The molecule has 7 heteroatoms. The number of nitrogens with zero attached hydrogens (tertiary/aromatic N) is 3. The van der Waals surface area contributed by atoms with Crippen molar-refractivity contribution in [3.8, 4) is 0 Å². The summed E-state index contributed by atoms with van der Waals surface area (Å²) < 4.78 is 1.91. The summed E-state index contributed by atoms with van der Waals surface area (Å²) in [6.45, 7) is 11.3. The maximum atomic E-state index is 10.5. The summed E-state index contributed by atoms with van der Waals surface area (Å²) >= 11 is 0. The van der Waals surface area contributed by atoms with E-state index in [9.17, 15) is 5.11 Å².